The quantitative estimate of drug-likeness (QED) is 0.366. The number of nitrogens with zero attached hydrogens (tertiary/aromatic N) is 1. The Kier molecular flexibility index (Phi) is 8.76. The van der Waals surface area contributed by atoms with Crippen LogP contribution in [0.3, 0.4) is 0 Å². The summed E-state index contributed by atoms with van der Waals surface area (Å²) in [7, 11) is 0. The van der Waals surface area contributed by atoms with Gasteiger partial charge < -0.3 is 20.4 Å². The topological polar surface area (TPSA) is 72.8 Å². The van der Waals surface area contributed by atoms with Gasteiger partial charge in [-0.25, -0.2) is 0 Å². The Balaban J connectivity index is 1.38. The molecule has 0 radical (unpaired) electrons. The molecule has 3 aliphatic rings. The predicted octanol–water partition coefficient (Wildman–Crippen LogP) is 3.03. The molecule has 0 aromatic heterocycles. The molecule has 0 aromatic carbocycles. The van der Waals surface area contributed by atoms with Crippen molar-refractivity contribution < 1.29 is 15.0 Å². The molecule has 0 spiro atoms. The summed E-state index contributed by atoms with van der Waals surface area (Å²) in [5, 5.41) is 24.1. The molecule has 2 fully saturated rings. The minimum absolute atomic E-state index is 0.145. The van der Waals surface area contributed by atoms with Crippen LogP contribution in [0.1, 0.15) is 64.7 Å². The van der Waals surface area contributed by atoms with E-state index in [1.807, 2.05) is 11.0 Å². The summed E-state index contributed by atoms with van der Waals surface area (Å²) in [6, 6.07) is 0. The molecule has 3 rings (SSSR count). The number of fused-ring (bicyclic) bond motifs is 1. The molecule has 1 aliphatic heterocycles. The number of nitrogens with one attached hydrogen (secondary N) is 1. The zero-order valence-electron chi connectivity index (χ0n) is 18.1. The van der Waals surface area contributed by atoms with Crippen LogP contribution in [0.4, 0.5) is 0 Å². The number of likely N-dealkylation sites (tertiary alicyclic amines) is 1. The van der Waals surface area contributed by atoms with Gasteiger partial charge in [-0.1, -0.05) is 50.0 Å². The summed E-state index contributed by atoms with van der Waals surface area (Å²) in [6.07, 6.45) is 14.5. The number of carbonyl (C=O) groups is 1. The molecule has 5 nitrogen and oxygen atoms in total. The van der Waals surface area contributed by atoms with E-state index in [0.717, 1.165) is 77.5 Å². The van der Waals surface area contributed by atoms with Crippen molar-refractivity contribution in [3.63, 3.8) is 0 Å². The van der Waals surface area contributed by atoms with Gasteiger partial charge in [-0.3, -0.25) is 4.79 Å². The zero-order valence-corrected chi connectivity index (χ0v) is 18.1. The summed E-state index contributed by atoms with van der Waals surface area (Å²) >= 11 is 0. The van der Waals surface area contributed by atoms with Crippen molar-refractivity contribution >= 4 is 5.91 Å². The summed E-state index contributed by atoms with van der Waals surface area (Å²) in [6.45, 7) is 5.60. The maximum absolute atomic E-state index is 12.1. The number of aliphatic hydroxyl groups is 2. The molecular weight excluding hydrogens is 364 g/mol. The number of hydrogen-bond donors (Lipinski definition) is 3. The van der Waals surface area contributed by atoms with Crippen molar-refractivity contribution in [2.24, 2.45) is 17.8 Å². The summed E-state index contributed by atoms with van der Waals surface area (Å²) in [4.78, 5) is 14.1. The average Bonchev–Trinajstić information content (AvgIpc) is 3.41. The molecule has 2 aliphatic carbocycles. The van der Waals surface area contributed by atoms with E-state index in [1.165, 1.54) is 5.57 Å². The Morgan fingerprint density at radius 3 is 2.90 bits per heavy atom. The van der Waals surface area contributed by atoms with E-state index in [4.69, 9.17) is 0 Å². The molecule has 5 heteroatoms. The molecule has 0 unspecified atom stereocenters. The van der Waals surface area contributed by atoms with Gasteiger partial charge in [0.2, 0.25) is 5.91 Å². The third-order valence-electron chi connectivity index (χ3n) is 6.94. The Morgan fingerprint density at radius 2 is 2.14 bits per heavy atom. The summed E-state index contributed by atoms with van der Waals surface area (Å²) in [5.41, 5.74) is 1.41. The van der Waals surface area contributed by atoms with E-state index in [-0.39, 0.29) is 17.9 Å². The lowest BCUT2D eigenvalue weighted by Crippen LogP contribution is -2.31. The lowest BCUT2D eigenvalue weighted by atomic mass is 9.89. The van der Waals surface area contributed by atoms with E-state index in [1.54, 1.807) is 0 Å². The average molecular weight is 405 g/mol. The second-order valence-corrected chi connectivity index (χ2v) is 9.20. The van der Waals surface area contributed by atoms with Crippen LogP contribution in [0.15, 0.2) is 23.8 Å². The number of amides is 1. The van der Waals surface area contributed by atoms with Crippen LogP contribution in [-0.2, 0) is 4.79 Å². The van der Waals surface area contributed by atoms with Crippen LogP contribution in [0.5, 0.6) is 0 Å². The van der Waals surface area contributed by atoms with Crippen molar-refractivity contribution in [3.8, 4) is 0 Å². The van der Waals surface area contributed by atoms with E-state index >= 15 is 0 Å². The Hall–Kier alpha value is -1.17. The molecule has 164 valence electrons. The van der Waals surface area contributed by atoms with Crippen LogP contribution in [-0.4, -0.2) is 59.4 Å². The summed E-state index contributed by atoms with van der Waals surface area (Å²) < 4.78 is 0. The fourth-order valence-electron chi connectivity index (χ4n) is 5.26. The monoisotopic (exact) mass is 404 g/mol. The first-order valence-corrected chi connectivity index (χ1v) is 11.8. The minimum Gasteiger partial charge on any atom is -0.392 e. The maximum atomic E-state index is 12.1. The third kappa shape index (κ3) is 6.40. The second kappa shape index (κ2) is 11.3. The Morgan fingerprint density at radius 1 is 1.34 bits per heavy atom. The van der Waals surface area contributed by atoms with Gasteiger partial charge in [0, 0.05) is 38.5 Å². The maximum Gasteiger partial charge on any atom is 0.223 e. The van der Waals surface area contributed by atoms with Crippen molar-refractivity contribution in [1.82, 2.24) is 10.2 Å². The lowest BCUT2D eigenvalue weighted by Gasteiger charge is -2.19. The fourth-order valence-corrected chi connectivity index (χ4v) is 5.26. The molecule has 5 atom stereocenters. The van der Waals surface area contributed by atoms with Gasteiger partial charge in [0.25, 0.3) is 0 Å². The smallest absolute Gasteiger partial charge is 0.223 e. The fraction of sp³-hybridized carbons (Fsp3) is 0.792. The van der Waals surface area contributed by atoms with Gasteiger partial charge in [-0.15, -0.1) is 0 Å². The van der Waals surface area contributed by atoms with Gasteiger partial charge in [-0.05, 0) is 43.9 Å². The number of rotatable bonds is 11. The van der Waals surface area contributed by atoms with Crippen LogP contribution >= 0.6 is 0 Å². The number of allylic oxidation sites excluding steroid dienone is 1. The highest BCUT2D eigenvalue weighted by Gasteiger charge is 2.43. The lowest BCUT2D eigenvalue weighted by molar-refractivity contribution is -0.130. The molecule has 29 heavy (non-hydrogen) atoms. The highest BCUT2D eigenvalue weighted by atomic mass is 16.3. The van der Waals surface area contributed by atoms with E-state index in [9.17, 15) is 15.0 Å². The predicted molar refractivity (Wildman–Crippen MR) is 116 cm³/mol. The number of aliphatic hydroxyl groups excluding tert-OH is 2. The van der Waals surface area contributed by atoms with E-state index in [2.05, 4.69) is 24.4 Å². The molecule has 1 heterocycles. The zero-order chi connectivity index (χ0) is 20.6. The standard InChI is InChI=1S/C24H40N2O3/c1-2-3-4-7-20(27)8-9-21-22-15-18(14-19(22)16-23(21)28)17-25-11-10-24(29)26-12-5-6-13-26/h8-9,14,19-23,25,27-28H,2-7,10-13,15-17H2,1H3/b9-8+/t19-,20-,21+,22-,23+/m0/s1. The molecule has 1 saturated carbocycles. The van der Waals surface area contributed by atoms with Gasteiger partial charge in [0.15, 0.2) is 0 Å². The van der Waals surface area contributed by atoms with Crippen LogP contribution in [0, 0.1) is 17.8 Å². The van der Waals surface area contributed by atoms with Crippen molar-refractivity contribution in [1.29, 1.82) is 0 Å². The first-order valence-electron chi connectivity index (χ1n) is 11.8. The van der Waals surface area contributed by atoms with Crippen LogP contribution in [0.2, 0.25) is 0 Å². The van der Waals surface area contributed by atoms with Crippen LogP contribution in [0.25, 0.3) is 0 Å². The highest BCUT2D eigenvalue weighted by Crippen LogP contribution is 2.47. The van der Waals surface area contributed by atoms with Gasteiger partial charge in [0.1, 0.15) is 0 Å². The summed E-state index contributed by atoms with van der Waals surface area (Å²) in [5.74, 6) is 1.32. The normalized spacial score (nSPS) is 30.2. The second-order valence-electron chi connectivity index (χ2n) is 9.20. The highest BCUT2D eigenvalue weighted by molar-refractivity contribution is 5.76. The largest absolute Gasteiger partial charge is 0.392 e. The number of unbranched alkanes of at least 4 members (excludes halogenated alkanes) is 2. The van der Waals surface area contributed by atoms with E-state index < -0.39 is 6.10 Å². The minimum atomic E-state index is -0.392. The first kappa shape index (κ1) is 22.5. The molecule has 0 bridgehead atoms. The molecule has 1 saturated heterocycles. The van der Waals surface area contributed by atoms with Crippen LogP contribution < -0.4 is 5.32 Å². The molecule has 1 amide bonds. The first-order chi connectivity index (χ1) is 14.1. The molecular formula is C24H40N2O3. The van der Waals surface area contributed by atoms with Gasteiger partial charge >= 0.3 is 0 Å². The number of hydrogen-bond acceptors (Lipinski definition) is 4. The van der Waals surface area contributed by atoms with E-state index in [0.29, 0.717) is 18.3 Å². The molecule has 0 aromatic rings. The van der Waals surface area contributed by atoms with Crippen molar-refractivity contribution in [2.75, 3.05) is 26.2 Å². The van der Waals surface area contributed by atoms with Gasteiger partial charge in [-0.2, -0.15) is 0 Å². The third-order valence-corrected chi connectivity index (χ3v) is 6.94. The molecule has 3 N–H and O–H groups in total. The van der Waals surface area contributed by atoms with Gasteiger partial charge in [0.05, 0.1) is 12.2 Å². The Labute approximate surface area is 176 Å². The SMILES string of the molecule is CCCCC[C@H](O)/C=C/[C@@H]1[C@H]2CC(CNCCC(=O)N3CCCC3)=C[C@H]2C[C@H]1O. The number of carbonyl (C=O) groups excluding carboxylic acids is 1. The van der Waals surface area contributed by atoms with Crippen molar-refractivity contribution in [3.05, 3.63) is 23.8 Å². The van der Waals surface area contributed by atoms with Crippen molar-refractivity contribution in [2.45, 2.75) is 76.9 Å². The Bertz CT molecular complexity index is 583.